The van der Waals surface area contributed by atoms with Crippen LogP contribution in [0.1, 0.15) is 54.1 Å². The minimum Gasteiger partial charge on any atom is -0.399 e. The number of aryl methyl sites for hydroxylation is 2. The maximum Gasteiger partial charge on any atom is 0.329 e. The number of hydrogen-bond donors (Lipinski definition) is 4. The molecule has 0 aliphatic carbocycles. The van der Waals surface area contributed by atoms with Gasteiger partial charge in [-0.3, -0.25) is 18.7 Å². The molecule has 2 aromatic carbocycles. The Labute approximate surface area is 197 Å². The first-order chi connectivity index (χ1) is 16.3. The quantitative estimate of drug-likeness (QED) is 0.298. The number of hydrogen-bond acceptors (Lipinski definition) is 5. The fourth-order valence-corrected chi connectivity index (χ4v) is 4.54. The molecular weight excluding hydrogens is 434 g/mol. The monoisotopic (exact) mass is 465 g/mol. The summed E-state index contributed by atoms with van der Waals surface area (Å²) in [5.74, 6) is -0.325. The highest BCUT2D eigenvalue weighted by atomic mass is 16.3. The van der Waals surface area contributed by atoms with Crippen molar-refractivity contribution in [2.45, 2.75) is 50.8 Å². The summed E-state index contributed by atoms with van der Waals surface area (Å²) in [6.07, 6.45) is 3.27. The SMILES string of the molecule is Cn1c(=O)n(C2CCC(=O)NC2O)c2ccc(CCCCCNC(=O)c3cccc(N)c3)cc21. The van der Waals surface area contributed by atoms with E-state index in [0.29, 0.717) is 24.2 Å². The normalized spacial score (nSPS) is 18.1. The van der Waals surface area contributed by atoms with E-state index in [2.05, 4.69) is 10.6 Å². The Balaban J connectivity index is 1.32. The molecule has 0 radical (unpaired) electrons. The number of unbranched alkanes of at least 4 members (excludes halogenated alkanes) is 2. The van der Waals surface area contributed by atoms with E-state index < -0.39 is 12.3 Å². The molecule has 0 bridgehead atoms. The van der Waals surface area contributed by atoms with Crippen LogP contribution >= 0.6 is 0 Å². The van der Waals surface area contributed by atoms with Crippen molar-refractivity contribution < 1.29 is 14.7 Å². The molecule has 180 valence electrons. The Kier molecular flexibility index (Phi) is 7.02. The van der Waals surface area contributed by atoms with Crippen LogP contribution in [0.25, 0.3) is 11.0 Å². The Bertz CT molecular complexity index is 1260. The summed E-state index contributed by atoms with van der Waals surface area (Å²) in [5, 5.41) is 15.7. The zero-order valence-electron chi connectivity index (χ0n) is 19.3. The van der Waals surface area contributed by atoms with E-state index in [-0.39, 0.29) is 23.9 Å². The predicted octanol–water partition coefficient (Wildman–Crippen LogP) is 1.83. The van der Waals surface area contributed by atoms with Crippen LogP contribution in [0.4, 0.5) is 5.69 Å². The third kappa shape index (κ3) is 4.99. The number of nitrogens with zero attached hydrogens (tertiary/aromatic N) is 2. The first-order valence-corrected chi connectivity index (χ1v) is 11.7. The van der Waals surface area contributed by atoms with Gasteiger partial charge < -0.3 is 21.5 Å². The van der Waals surface area contributed by atoms with Crippen molar-refractivity contribution in [2.24, 2.45) is 7.05 Å². The Morgan fingerprint density at radius 3 is 2.74 bits per heavy atom. The van der Waals surface area contributed by atoms with E-state index in [1.165, 1.54) is 0 Å². The summed E-state index contributed by atoms with van der Waals surface area (Å²) in [4.78, 5) is 36.6. The predicted molar refractivity (Wildman–Crippen MR) is 130 cm³/mol. The number of aliphatic hydroxyl groups excluding tert-OH is 1. The maximum absolute atomic E-state index is 12.9. The molecule has 1 saturated heterocycles. The summed E-state index contributed by atoms with van der Waals surface area (Å²) < 4.78 is 3.18. The second-order valence-electron chi connectivity index (χ2n) is 8.85. The van der Waals surface area contributed by atoms with Gasteiger partial charge in [0.1, 0.15) is 6.23 Å². The summed E-state index contributed by atoms with van der Waals surface area (Å²) >= 11 is 0. The highest BCUT2D eigenvalue weighted by Crippen LogP contribution is 2.26. The molecule has 1 aliphatic heterocycles. The number of rotatable bonds is 8. The lowest BCUT2D eigenvalue weighted by Gasteiger charge is -2.29. The lowest BCUT2D eigenvalue weighted by Crippen LogP contribution is -2.47. The number of aliphatic hydroxyl groups is 1. The van der Waals surface area contributed by atoms with Crippen molar-refractivity contribution in [3.63, 3.8) is 0 Å². The highest BCUT2D eigenvalue weighted by Gasteiger charge is 2.31. The van der Waals surface area contributed by atoms with E-state index in [0.717, 1.165) is 42.3 Å². The van der Waals surface area contributed by atoms with Gasteiger partial charge in [-0.25, -0.2) is 4.79 Å². The minimum absolute atomic E-state index is 0.120. The van der Waals surface area contributed by atoms with Crippen molar-refractivity contribution in [2.75, 3.05) is 12.3 Å². The molecule has 0 saturated carbocycles. The van der Waals surface area contributed by atoms with Crippen molar-refractivity contribution in [3.05, 3.63) is 64.1 Å². The molecule has 5 N–H and O–H groups in total. The number of nitrogens with two attached hydrogens (primary N) is 1. The summed E-state index contributed by atoms with van der Waals surface area (Å²) in [7, 11) is 1.72. The second kappa shape index (κ2) is 10.1. The number of nitrogen functional groups attached to an aromatic ring is 1. The summed E-state index contributed by atoms with van der Waals surface area (Å²) in [5.41, 5.74) is 9.33. The van der Waals surface area contributed by atoms with Crippen LogP contribution in [-0.2, 0) is 18.3 Å². The number of piperidine rings is 1. The summed E-state index contributed by atoms with van der Waals surface area (Å²) in [6.45, 7) is 0.601. The number of fused-ring (bicyclic) bond motifs is 1. The van der Waals surface area contributed by atoms with E-state index in [1.54, 1.807) is 40.4 Å². The second-order valence-corrected chi connectivity index (χ2v) is 8.85. The van der Waals surface area contributed by atoms with Gasteiger partial charge >= 0.3 is 5.69 Å². The average Bonchev–Trinajstić information content (AvgIpc) is 3.06. The van der Waals surface area contributed by atoms with Crippen LogP contribution in [0.15, 0.2) is 47.3 Å². The standard InChI is InChI=1S/C25H31N5O4/c1-29-21-14-16(6-3-2-4-13-27-23(32)17-7-5-8-18(26)15-17)9-10-19(21)30(25(29)34)20-11-12-22(31)28-24(20)33/h5,7-10,14-15,20,24,33H,2-4,6,11-13,26H2,1H3,(H,27,32)(H,28,31). The molecule has 4 rings (SSSR count). The van der Waals surface area contributed by atoms with Gasteiger partial charge in [-0.05, 0) is 61.6 Å². The van der Waals surface area contributed by atoms with Crippen LogP contribution in [0.2, 0.25) is 0 Å². The van der Waals surface area contributed by atoms with Crippen LogP contribution in [0.5, 0.6) is 0 Å². The third-order valence-corrected chi connectivity index (χ3v) is 6.40. The fraction of sp³-hybridized carbons (Fsp3) is 0.400. The van der Waals surface area contributed by atoms with Crippen LogP contribution in [-0.4, -0.2) is 38.8 Å². The van der Waals surface area contributed by atoms with E-state index in [9.17, 15) is 19.5 Å². The topological polar surface area (TPSA) is 131 Å². The molecule has 2 heterocycles. The number of imidazole rings is 1. The minimum atomic E-state index is -1.08. The van der Waals surface area contributed by atoms with Gasteiger partial charge in [-0.1, -0.05) is 18.6 Å². The van der Waals surface area contributed by atoms with E-state index in [4.69, 9.17) is 5.73 Å². The molecular formula is C25H31N5O4. The Morgan fingerprint density at radius 2 is 1.97 bits per heavy atom. The number of amides is 2. The van der Waals surface area contributed by atoms with Gasteiger partial charge in [0.2, 0.25) is 5.91 Å². The van der Waals surface area contributed by atoms with Crippen LogP contribution < -0.4 is 22.1 Å². The summed E-state index contributed by atoms with van der Waals surface area (Å²) in [6, 6.07) is 12.4. The lowest BCUT2D eigenvalue weighted by molar-refractivity contribution is -0.128. The molecule has 1 aliphatic rings. The van der Waals surface area contributed by atoms with Gasteiger partial charge in [-0.2, -0.15) is 0 Å². The molecule has 1 aromatic heterocycles. The first-order valence-electron chi connectivity index (χ1n) is 11.7. The first kappa shape index (κ1) is 23.6. The number of benzene rings is 2. The Morgan fingerprint density at radius 1 is 1.15 bits per heavy atom. The van der Waals surface area contributed by atoms with Gasteiger partial charge in [0.25, 0.3) is 5.91 Å². The molecule has 0 spiro atoms. The fourth-order valence-electron chi connectivity index (χ4n) is 4.54. The van der Waals surface area contributed by atoms with E-state index in [1.807, 2.05) is 18.2 Å². The largest absolute Gasteiger partial charge is 0.399 e. The van der Waals surface area contributed by atoms with Crippen LogP contribution in [0.3, 0.4) is 0 Å². The van der Waals surface area contributed by atoms with E-state index >= 15 is 0 Å². The molecule has 2 unspecified atom stereocenters. The van der Waals surface area contributed by atoms with Gasteiger partial charge in [0, 0.05) is 31.3 Å². The number of carbonyl (C=O) groups excluding carboxylic acids is 2. The lowest BCUT2D eigenvalue weighted by atomic mass is 10.0. The third-order valence-electron chi connectivity index (χ3n) is 6.40. The van der Waals surface area contributed by atoms with Crippen molar-refractivity contribution in [1.82, 2.24) is 19.8 Å². The molecule has 34 heavy (non-hydrogen) atoms. The maximum atomic E-state index is 12.9. The van der Waals surface area contributed by atoms with Gasteiger partial charge in [0.15, 0.2) is 0 Å². The number of aromatic nitrogens is 2. The average molecular weight is 466 g/mol. The number of carbonyl (C=O) groups is 2. The zero-order chi connectivity index (χ0) is 24.2. The molecule has 2 atom stereocenters. The van der Waals surface area contributed by atoms with Gasteiger partial charge in [0.05, 0.1) is 17.1 Å². The zero-order valence-corrected chi connectivity index (χ0v) is 19.3. The molecule has 9 nitrogen and oxygen atoms in total. The highest BCUT2D eigenvalue weighted by molar-refractivity contribution is 5.94. The molecule has 1 fully saturated rings. The van der Waals surface area contributed by atoms with Crippen molar-refractivity contribution >= 4 is 28.5 Å². The molecule has 2 amide bonds. The van der Waals surface area contributed by atoms with Crippen molar-refractivity contribution in [1.29, 1.82) is 0 Å². The number of nitrogens with one attached hydrogen (secondary N) is 2. The van der Waals surface area contributed by atoms with Gasteiger partial charge in [-0.15, -0.1) is 0 Å². The molecule has 3 aromatic rings. The smallest absolute Gasteiger partial charge is 0.329 e. The van der Waals surface area contributed by atoms with Crippen molar-refractivity contribution in [3.8, 4) is 0 Å². The van der Waals surface area contributed by atoms with Crippen LogP contribution in [0, 0.1) is 0 Å². The Hall–Kier alpha value is -3.59. The molecule has 9 heteroatoms. The number of anilines is 1.